The molecule has 2 nitrogen and oxygen atoms in total. The third-order valence-corrected chi connectivity index (χ3v) is 2.76. The highest BCUT2D eigenvalue weighted by Gasteiger charge is 2.35. The van der Waals surface area contributed by atoms with Crippen LogP contribution in [0.4, 0.5) is 0 Å². The molecule has 0 bridgehead atoms. The number of nitrogens with two attached hydrogens (primary N) is 1. The summed E-state index contributed by atoms with van der Waals surface area (Å²) in [4.78, 5) is 2.31. The van der Waals surface area contributed by atoms with Crippen molar-refractivity contribution in [1.29, 1.82) is 0 Å². The fourth-order valence-electron chi connectivity index (χ4n) is 1.57. The Labute approximate surface area is 63.4 Å². The van der Waals surface area contributed by atoms with Gasteiger partial charge in [0.1, 0.15) is 0 Å². The van der Waals surface area contributed by atoms with Crippen LogP contribution in [0.15, 0.2) is 0 Å². The molecule has 0 aromatic heterocycles. The average Bonchev–Trinajstić information content (AvgIpc) is 2.08. The highest BCUT2D eigenvalue weighted by molar-refractivity contribution is 4.87. The predicted molar refractivity (Wildman–Crippen MR) is 43.6 cm³/mol. The van der Waals surface area contributed by atoms with Crippen molar-refractivity contribution in [1.82, 2.24) is 4.90 Å². The lowest BCUT2D eigenvalue weighted by atomic mass is 9.84. The first kappa shape index (κ1) is 8.02. The van der Waals surface area contributed by atoms with Gasteiger partial charge in [0, 0.05) is 19.8 Å². The first-order chi connectivity index (χ1) is 4.56. The Morgan fingerprint density at radius 2 is 2.20 bits per heavy atom. The first-order valence-electron chi connectivity index (χ1n) is 3.98. The van der Waals surface area contributed by atoms with Crippen LogP contribution in [0.5, 0.6) is 0 Å². The number of nitrogens with zero attached hydrogens (tertiary/aromatic N) is 1. The van der Waals surface area contributed by atoms with E-state index in [9.17, 15) is 0 Å². The molecule has 1 atom stereocenters. The Morgan fingerprint density at radius 3 is 2.40 bits per heavy atom. The molecule has 1 aliphatic rings. The molecule has 0 aliphatic carbocycles. The molecule has 1 unspecified atom stereocenters. The maximum atomic E-state index is 5.54. The van der Waals surface area contributed by atoms with E-state index in [1.807, 2.05) is 0 Å². The predicted octanol–water partition coefficient (Wildman–Crippen LogP) is 0.880. The molecule has 1 aliphatic heterocycles. The maximum absolute atomic E-state index is 5.54. The molecular formula is C8H18N2. The third-order valence-electron chi connectivity index (χ3n) is 2.76. The van der Waals surface area contributed by atoms with E-state index in [0.717, 1.165) is 12.5 Å². The zero-order valence-corrected chi connectivity index (χ0v) is 7.22. The van der Waals surface area contributed by atoms with Gasteiger partial charge in [-0.25, -0.2) is 0 Å². The van der Waals surface area contributed by atoms with Gasteiger partial charge in [0.25, 0.3) is 0 Å². The fourth-order valence-corrected chi connectivity index (χ4v) is 1.57. The van der Waals surface area contributed by atoms with Crippen LogP contribution in [0.3, 0.4) is 0 Å². The summed E-state index contributed by atoms with van der Waals surface area (Å²) < 4.78 is 0. The number of rotatable bonds is 1. The van der Waals surface area contributed by atoms with Crippen LogP contribution >= 0.6 is 0 Å². The van der Waals surface area contributed by atoms with Gasteiger partial charge in [-0.15, -0.1) is 0 Å². The minimum absolute atomic E-state index is 0.472. The van der Waals surface area contributed by atoms with Gasteiger partial charge in [0.15, 0.2) is 0 Å². The van der Waals surface area contributed by atoms with Crippen molar-refractivity contribution in [2.45, 2.75) is 20.8 Å². The lowest BCUT2D eigenvalue weighted by Crippen LogP contribution is -2.29. The van der Waals surface area contributed by atoms with Crippen LogP contribution < -0.4 is 5.73 Å². The lowest BCUT2D eigenvalue weighted by Gasteiger charge is -2.21. The Kier molecular flexibility index (Phi) is 2.02. The van der Waals surface area contributed by atoms with Gasteiger partial charge in [0.2, 0.25) is 0 Å². The SMILES string of the molecule is CC1CN(CN)CC1(C)C. The van der Waals surface area contributed by atoms with Crippen LogP contribution in [0.2, 0.25) is 0 Å². The van der Waals surface area contributed by atoms with Gasteiger partial charge in [-0.3, -0.25) is 4.90 Å². The standard InChI is InChI=1S/C8H18N2/c1-7-4-10(6-9)5-8(7,2)3/h7H,4-6,9H2,1-3H3. The molecule has 0 saturated carbocycles. The average molecular weight is 142 g/mol. The molecule has 1 heterocycles. The minimum atomic E-state index is 0.472. The second kappa shape index (κ2) is 2.51. The van der Waals surface area contributed by atoms with Crippen molar-refractivity contribution in [3.8, 4) is 0 Å². The molecule has 60 valence electrons. The molecular weight excluding hydrogens is 124 g/mol. The van der Waals surface area contributed by atoms with E-state index in [1.54, 1.807) is 0 Å². The third kappa shape index (κ3) is 1.32. The Hall–Kier alpha value is -0.0800. The Bertz CT molecular complexity index is 120. The van der Waals surface area contributed by atoms with Gasteiger partial charge in [-0.1, -0.05) is 20.8 Å². The largest absolute Gasteiger partial charge is 0.318 e. The Balaban J connectivity index is 2.53. The number of hydrogen-bond acceptors (Lipinski definition) is 2. The van der Waals surface area contributed by atoms with Gasteiger partial charge in [0.05, 0.1) is 0 Å². The van der Waals surface area contributed by atoms with Crippen LogP contribution in [-0.2, 0) is 0 Å². The molecule has 0 aromatic carbocycles. The van der Waals surface area contributed by atoms with E-state index in [-0.39, 0.29) is 0 Å². The van der Waals surface area contributed by atoms with Crippen molar-refractivity contribution in [3.63, 3.8) is 0 Å². The van der Waals surface area contributed by atoms with E-state index >= 15 is 0 Å². The Morgan fingerprint density at radius 1 is 1.60 bits per heavy atom. The van der Waals surface area contributed by atoms with Crippen molar-refractivity contribution in [2.75, 3.05) is 19.8 Å². The highest BCUT2D eigenvalue weighted by Crippen LogP contribution is 2.33. The summed E-state index contributed by atoms with van der Waals surface area (Å²) in [5.74, 6) is 0.788. The molecule has 1 rings (SSSR count). The van der Waals surface area contributed by atoms with E-state index in [4.69, 9.17) is 5.73 Å². The lowest BCUT2D eigenvalue weighted by molar-refractivity contribution is 0.283. The molecule has 1 saturated heterocycles. The molecule has 10 heavy (non-hydrogen) atoms. The molecule has 2 heteroatoms. The van der Waals surface area contributed by atoms with Crippen LogP contribution in [0, 0.1) is 11.3 Å². The summed E-state index contributed by atoms with van der Waals surface area (Å²) in [5, 5.41) is 0. The van der Waals surface area contributed by atoms with Crippen molar-refractivity contribution in [3.05, 3.63) is 0 Å². The van der Waals surface area contributed by atoms with Crippen LogP contribution in [0.1, 0.15) is 20.8 Å². The minimum Gasteiger partial charge on any atom is -0.318 e. The zero-order chi connectivity index (χ0) is 7.78. The molecule has 0 spiro atoms. The smallest absolute Gasteiger partial charge is 0.0455 e. The molecule has 2 N–H and O–H groups in total. The summed E-state index contributed by atoms with van der Waals surface area (Å²) >= 11 is 0. The quantitative estimate of drug-likeness (QED) is 0.589. The van der Waals surface area contributed by atoms with Gasteiger partial charge in [-0.05, 0) is 11.3 Å². The number of hydrogen-bond donors (Lipinski definition) is 1. The van der Waals surface area contributed by atoms with Crippen molar-refractivity contribution >= 4 is 0 Å². The van der Waals surface area contributed by atoms with Crippen molar-refractivity contribution < 1.29 is 0 Å². The van der Waals surface area contributed by atoms with E-state index in [0.29, 0.717) is 12.1 Å². The van der Waals surface area contributed by atoms with Crippen LogP contribution in [-0.4, -0.2) is 24.7 Å². The van der Waals surface area contributed by atoms with E-state index in [1.165, 1.54) is 6.54 Å². The monoisotopic (exact) mass is 142 g/mol. The molecule has 0 aromatic rings. The fraction of sp³-hybridized carbons (Fsp3) is 1.00. The van der Waals surface area contributed by atoms with Crippen molar-refractivity contribution in [2.24, 2.45) is 17.1 Å². The van der Waals surface area contributed by atoms with E-state index in [2.05, 4.69) is 25.7 Å². The molecule has 0 amide bonds. The first-order valence-corrected chi connectivity index (χ1v) is 3.98. The maximum Gasteiger partial charge on any atom is 0.0455 e. The normalized spacial score (nSPS) is 33.0. The van der Waals surface area contributed by atoms with Gasteiger partial charge < -0.3 is 5.73 Å². The summed E-state index contributed by atoms with van der Waals surface area (Å²) in [6, 6.07) is 0. The zero-order valence-electron chi connectivity index (χ0n) is 7.22. The highest BCUT2D eigenvalue weighted by atomic mass is 15.2. The summed E-state index contributed by atoms with van der Waals surface area (Å²) in [7, 11) is 0. The summed E-state index contributed by atoms with van der Waals surface area (Å²) in [6.45, 7) is 9.97. The topological polar surface area (TPSA) is 29.3 Å². The second-order valence-corrected chi connectivity index (χ2v) is 4.08. The van der Waals surface area contributed by atoms with Crippen LogP contribution in [0.25, 0.3) is 0 Å². The number of likely N-dealkylation sites (tertiary alicyclic amines) is 1. The molecule has 1 fully saturated rings. The summed E-state index contributed by atoms with van der Waals surface area (Å²) in [5.41, 5.74) is 6.01. The molecule has 0 radical (unpaired) electrons. The van der Waals surface area contributed by atoms with E-state index < -0.39 is 0 Å². The summed E-state index contributed by atoms with van der Waals surface area (Å²) in [6.07, 6.45) is 0. The van der Waals surface area contributed by atoms with Gasteiger partial charge in [-0.2, -0.15) is 0 Å². The second-order valence-electron chi connectivity index (χ2n) is 4.08. The van der Waals surface area contributed by atoms with Gasteiger partial charge >= 0.3 is 0 Å².